The molecule has 2 unspecified atom stereocenters. The molecule has 2 rings (SSSR count). The minimum absolute atomic E-state index is 0.0107. The lowest BCUT2D eigenvalue weighted by atomic mass is 10.1. The second-order valence-electron chi connectivity index (χ2n) is 6.82. The summed E-state index contributed by atoms with van der Waals surface area (Å²) in [5.41, 5.74) is -0.465. The van der Waals surface area contributed by atoms with Crippen LogP contribution in [0.3, 0.4) is 0 Å². The molecule has 0 aromatic carbocycles. The first-order valence-electron chi connectivity index (χ1n) is 7.70. The standard InChI is InChI=1S/C15H26N2O4/c1-15(2,3)21-14(20)17-8-4-5-12(17)13(19)16-9-6-11(18)7-10-16/h12,14,20H,4-10H2,1-3H3. The van der Waals surface area contributed by atoms with Gasteiger partial charge in [-0.2, -0.15) is 0 Å². The van der Waals surface area contributed by atoms with E-state index in [1.165, 1.54) is 0 Å². The van der Waals surface area contributed by atoms with Gasteiger partial charge in [0.25, 0.3) is 0 Å². The molecule has 2 heterocycles. The van der Waals surface area contributed by atoms with E-state index in [0.29, 0.717) is 32.5 Å². The molecule has 2 saturated heterocycles. The molecule has 120 valence electrons. The summed E-state index contributed by atoms with van der Waals surface area (Å²) in [4.78, 5) is 27.3. The summed E-state index contributed by atoms with van der Waals surface area (Å²) in [5.74, 6) is 0.231. The van der Waals surface area contributed by atoms with E-state index in [1.54, 1.807) is 9.80 Å². The molecule has 0 spiro atoms. The predicted molar refractivity (Wildman–Crippen MR) is 77.4 cm³/mol. The minimum Gasteiger partial charge on any atom is -0.356 e. The number of ether oxygens (including phenoxy) is 1. The molecule has 6 nitrogen and oxygen atoms in total. The molecule has 6 heteroatoms. The zero-order valence-corrected chi connectivity index (χ0v) is 13.2. The van der Waals surface area contributed by atoms with Gasteiger partial charge in [-0.05, 0) is 33.6 Å². The maximum atomic E-state index is 12.6. The molecule has 21 heavy (non-hydrogen) atoms. The molecule has 0 aliphatic carbocycles. The number of rotatable bonds is 3. The van der Waals surface area contributed by atoms with Gasteiger partial charge in [0.15, 0.2) is 0 Å². The number of hydrogen-bond donors (Lipinski definition) is 1. The highest BCUT2D eigenvalue weighted by Gasteiger charge is 2.39. The molecule has 2 aliphatic rings. The van der Waals surface area contributed by atoms with Crippen LogP contribution in [0.4, 0.5) is 0 Å². The second kappa shape index (κ2) is 6.42. The van der Waals surface area contributed by atoms with Gasteiger partial charge in [0.2, 0.25) is 12.3 Å². The van der Waals surface area contributed by atoms with Crippen molar-refractivity contribution in [1.29, 1.82) is 0 Å². The number of Topliss-reactive ketones (excluding diaryl/α,β-unsaturated/α-hetero) is 1. The van der Waals surface area contributed by atoms with Crippen LogP contribution < -0.4 is 0 Å². The Labute approximate surface area is 126 Å². The maximum absolute atomic E-state index is 12.6. The third kappa shape index (κ3) is 4.25. The van der Waals surface area contributed by atoms with Gasteiger partial charge in [-0.15, -0.1) is 0 Å². The van der Waals surface area contributed by atoms with Crippen LogP contribution in [0.25, 0.3) is 0 Å². The summed E-state index contributed by atoms with van der Waals surface area (Å²) < 4.78 is 5.56. The Bertz CT molecular complexity index is 395. The normalized spacial score (nSPS) is 26.2. The Hall–Kier alpha value is -0.980. The van der Waals surface area contributed by atoms with E-state index in [2.05, 4.69) is 0 Å². The average Bonchev–Trinajstić information content (AvgIpc) is 2.86. The highest BCUT2D eigenvalue weighted by molar-refractivity contribution is 5.86. The van der Waals surface area contributed by atoms with E-state index >= 15 is 0 Å². The van der Waals surface area contributed by atoms with Crippen molar-refractivity contribution in [3.05, 3.63) is 0 Å². The lowest BCUT2D eigenvalue weighted by Crippen LogP contribution is -2.52. The van der Waals surface area contributed by atoms with Crippen molar-refractivity contribution >= 4 is 11.7 Å². The summed E-state index contributed by atoms with van der Waals surface area (Å²) in [5, 5.41) is 10.2. The van der Waals surface area contributed by atoms with Gasteiger partial charge >= 0.3 is 0 Å². The summed E-state index contributed by atoms with van der Waals surface area (Å²) in [6.45, 7) is 7.27. The van der Waals surface area contributed by atoms with Crippen LogP contribution >= 0.6 is 0 Å². The quantitative estimate of drug-likeness (QED) is 0.778. The van der Waals surface area contributed by atoms with Crippen LogP contribution in [0.5, 0.6) is 0 Å². The fourth-order valence-corrected chi connectivity index (χ4v) is 2.89. The molecule has 1 amide bonds. The number of hydrogen-bond acceptors (Lipinski definition) is 5. The second-order valence-corrected chi connectivity index (χ2v) is 6.82. The lowest BCUT2D eigenvalue weighted by Gasteiger charge is -2.36. The van der Waals surface area contributed by atoms with Gasteiger partial charge in [0.05, 0.1) is 11.6 Å². The van der Waals surface area contributed by atoms with Crippen molar-refractivity contribution < 1.29 is 19.4 Å². The molecular formula is C15H26N2O4. The summed E-state index contributed by atoms with van der Waals surface area (Å²) in [7, 11) is 0. The molecule has 0 aromatic heterocycles. The Morgan fingerprint density at radius 2 is 1.90 bits per heavy atom. The van der Waals surface area contributed by atoms with Crippen LogP contribution in [0.15, 0.2) is 0 Å². The molecule has 0 aromatic rings. The van der Waals surface area contributed by atoms with Crippen LogP contribution in [0, 0.1) is 0 Å². The van der Waals surface area contributed by atoms with Gasteiger partial charge in [-0.3, -0.25) is 9.59 Å². The first-order chi connectivity index (χ1) is 9.78. The number of ketones is 1. The highest BCUT2D eigenvalue weighted by Crippen LogP contribution is 2.24. The molecule has 2 aliphatic heterocycles. The molecule has 2 fully saturated rings. The zero-order valence-electron chi connectivity index (χ0n) is 13.2. The Balaban J connectivity index is 1.97. The number of amides is 1. The van der Waals surface area contributed by atoms with E-state index in [-0.39, 0.29) is 17.7 Å². The van der Waals surface area contributed by atoms with Gasteiger partial charge in [0.1, 0.15) is 5.78 Å². The number of aliphatic hydroxyl groups is 1. The van der Waals surface area contributed by atoms with Crippen LogP contribution in [-0.4, -0.2) is 64.3 Å². The van der Waals surface area contributed by atoms with Crippen molar-refractivity contribution in [3.8, 4) is 0 Å². The third-order valence-electron chi connectivity index (χ3n) is 3.95. The number of aliphatic hydroxyl groups excluding tert-OH is 1. The smallest absolute Gasteiger partial charge is 0.240 e. The third-order valence-corrected chi connectivity index (χ3v) is 3.95. The molecule has 0 radical (unpaired) electrons. The molecule has 1 N–H and O–H groups in total. The number of piperidine rings is 1. The first kappa shape index (κ1) is 16.4. The topological polar surface area (TPSA) is 70.1 Å². The van der Waals surface area contributed by atoms with Gasteiger partial charge < -0.3 is 14.7 Å². The van der Waals surface area contributed by atoms with E-state index < -0.39 is 12.0 Å². The van der Waals surface area contributed by atoms with E-state index in [0.717, 1.165) is 12.8 Å². The number of nitrogens with zero attached hydrogens (tertiary/aromatic N) is 2. The van der Waals surface area contributed by atoms with Crippen molar-refractivity contribution in [2.45, 2.75) is 64.5 Å². The van der Waals surface area contributed by atoms with Crippen molar-refractivity contribution in [2.24, 2.45) is 0 Å². The summed E-state index contributed by atoms with van der Waals surface area (Å²) >= 11 is 0. The van der Waals surface area contributed by atoms with Crippen molar-refractivity contribution in [3.63, 3.8) is 0 Å². The summed E-state index contributed by atoms with van der Waals surface area (Å²) in [6.07, 6.45) is 1.42. The molecular weight excluding hydrogens is 272 g/mol. The summed E-state index contributed by atoms with van der Waals surface area (Å²) in [6, 6.07) is -0.337. The maximum Gasteiger partial charge on any atom is 0.240 e. The predicted octanol–water partition coefficient (Wildman–Crippen LogP) is 0.733. The Kier molecular flexibility index (Phi) is 5.01. The molecule has 0 bridgehead atoms. The largest absolute Gasteiger partial charge is 0.356 e. The SMILES string of the molecule is CC(C)(C)OC(O)N1CCCC1C(=O)N1CCC(=O)CC1. The zero-order chi connectivity index (χ0) is 15.6. The average molecular weight is 298 g/mol. The fraction of sp³-hybridized carbons (Fsp3) is 0.867. The van der Waals surface area contributed by atoms with Crippen molar-refractivity contribution in [2.75, 3.05) is 19.6 Å². The van der Waals surface area contributed by atoms with E-state index in [4.69, 9.17) is 4.74 Å². The van der Waals surface area contributed by atoms with E-state index in [1.807, 2.05) is 20.8 Å². The van der Waals surface area contributed by atoms with E-state index in [9.17, 15) is 14.7 Å². The first-order valence-corrected chi connectivity index (χ1v) is 7.70. The van der Waals surface area contributed by atoms with Gasteiger partial charge in [-0.1, -0.05) is 0 Å². The monoisotopic (exact) mass is 298 g/mol. The Morgan fingerprint density at radius 3 is 2.48 bits per heavy atom. The van der Waals surface area contributed by atoms with Crippen LogP contribution in [0.1, 0.15) is 46.5 Å². The van der Waals surface area contributed by atoms with Crippen LogP contribution in [-0.2, 0) is 14.3 Å². The number of carbonyl (C=O) groups is 2. The fourth-order valence-electron chi connectivity index (χ4n) is 2.89. The molecule has 0 saturated carbocycles. The van der Waals surface area contributed by atoms with Crippen molar-refractivity contribution in [1.82, 2.24) is 9.80 Å². The van der Waals surface area contributed by atoms with Gasteiger partial charge in [-0.25, -0.2) is 4.90 Å². The Morgan fingerprint density at radius 1 is 1.29 bits per heavy atom. The highest BCUT2D eigenvalue weighted by atomic mass is 16.6. The van der Waals surface area contributed by atoms with Crippen LogP contribution in [0.2, 0.25) is 0 Å². The molecule has 2 atom stereocenters. The van der Waals surface area contributed by atoms with Gasteiger partial charge in [0, 0.05) is 32.5 Å². The lowest BCUT2D eigenvalue weighted by molar-refractivity contribution is -0.242. The number of carbonyl (C=O) groups excluding carboxylic acids is 2. The number of likely N-dealkylation sites (tertiary alicyclic amines) is 2. The minimum atomic E-state index is -1.06.